The van der Waals surface area contributed by atoms with Crippen molar-refractivity contribution in [2.75, 3.05) is 0 Å². The zero-order valence-electron chi connectivity index (χ0n) is 12.1. The van der Waals surface area contributed by atoms with Crippen LogP contribution in [-0.2, 0) is 12.0 Å². The fraction of sp³-hybridized carbons (Fsp3) is 0.647. The molecule has 1 fully saturated rings. The van der Waals surface area contributed by atoms with Crippen molar-refractivity contribution in [2.24, 2.45) is 17.6 Å². The van der Waals surface area contributed by atoms with E-state index in [1.807, 2.05) is 0 Å². The van der Waals surface area contributed by atoms with Crippen LogP contribution in [0.15, 0.2) is 24.3 Å². The largest absolute Gasteiger partial charge is 0.321 e. The summed E-state index contributed by atoms with van der Waals surface area (Å²) in [5.41, 5.74) is 9.46. The molecule has 1 aromatic rings. The molecule has 0 saturated heterocycles. The second kappa shape index (κ2) is 5.44. The van der Waals surface area contributed by atoms with Gasteiger partial charge in [-0.3, -0.25) is 0 Å². The first kappa shape index (κ1) is 13.6. The molecule has 2 rings (SSSR count). The Morgan fingerprint density at radius 3 is 2.78 bits per heavy atom. The quantitative estimate of drug-likeness (QED) is 0.846. The van der Waals surface area contributed by atoms with Gasteiger partial charge < -0.3 is 5.73 Å². The first-order valence-electron chi connectivity index (χ1n) is 7.44. The van der Waals surface area contributed by atoms with Gasteiger partial charge in [0.25, 0.3) is 0 Å². The molecule has 100 valence electrons. The molecule has 0 radical (unpaired) electrons. The van der Waals surface area contributed by atoms with E-state index in [1.165, 1.54) is 30.4 Å². The number of nitrogens with two attached hydrogens (primary N) is 1. The summed E-state index contributed by atoms with van der Waals surface area (Å²) in [6.07, 6.45) is 6.08. The normalized spacial score (nSPS) is 32.4. The molecular weight excluding hydrogens is 218 g/mol. The van der Waals surface area contributed by atoms with E-state index in [-0.39, 0.29) is 5.54 Å². The van der Waals surface area contributed by atoms with Crippen molar-refractivity contribution in [1.29, 1.82) is 0 Å². The highest BCUT2D eigenvalue weighted by molar-refractivity contribution is 5.31. The van der Waals surface area contributed by atoms with Crippen LogP contribution in [0, 0.1) is 11.8 Å². The summed E-state index contributed by atoms with van der Waals surface area (Å²) < 4.78 is 0. The van der Waals surface area contributed by atoms with Crippen molar-refractivity contribution in [2.45, 2.75) is 58.4 Å². The lowest BCUT2D eigenvalue weighted by Gasteiger charge is -2.43. The van der Waals surface area contributed by atoms with Gasteiger partial charge in [-0.05, 0) is 42.2 Å². The van der Waals surface area contributed by atoms with Gasteiger partial charge in [0.15, 0.2) is 0 Å². The topological polar surface area (TPSA) is 26.0 Å². The molecule has 1 aliphatic rings. The van der Waals surface area contributed by atoms with Gasteiger partial charge in [-0.15, -0.1) is 0 Å². The number of hydrogen-bond donors (Lipinski definition) is 1. The molecule has 18 heavy (non-hydrogen) atoms. The average Bonchev–Trinajstić information content (AvgIpc) is 2.35. The zero-order valence-corrected chi connectivity index (χ0v) is 12.1. The van der Waals surface area contributed by atoms with E-state index in [2.05, 4.69) is 45.0 Å². The summed E-state index contributed by atoms with van der Waals surface area (Å²) in [7, 11) is 0. The Balaban J connectivity index is 2.30. The van der Waals surface area contributed by atoms with Crippen LogP contribution in [0.5, 0.6) is 0 Å². The highest BCUT2D eigenvalue weighted by Crippen LogP contribution is 2.42. The molecule has 1 aromatic carbocycles. The fourth-order valence-corrected chi connectivity index (χ4v) is 3.38. The van der Waals surface area contributed by atoms with Crippen molar-refractivity contribution >= 4 is 0 Å². The first-order valence-corrected chi connectivity index (χ1v) is 7.44. The van der Waals surface area contributed by atoms with Crippen molar-refractivity contribution in [3.8, 4) is 0 Å². The van der Waals surface area contributed by atoms with Gasteiger partial charge >= 0.3 is 0 Å². The summed E-state index contributed by atoms with van der Waals surface area (Å²) in [5.74, 6) is 1.34. The Labute approximate surface area is 112 Å². The third-order valence-corrected chi connectivity index (χ3v) is 4.66. The molecule has 1 aliphatic carbocycles. The summed E-state index contributed by atoms with van der Waals surface area (Å²) in [6, 6.07) is 8.99. The Hall–Kier alpha value is -0.820. The van der Waals surface area contributed by atoms with Crippen LogP contribution in [0.25, 0.3) is 0 Å². The molecule has 0 aromatic heterocycles. The van der Waals surface area contributed by atoms with Crippen LogP contribution in [0.4, 0.5) is 0 Å². The maximum Gasteiger partial charge on any atom is 0.0438 e. The highest BCUT2D eigenvalue weighted by atomic mass is 14.8. The lowest BCUT2D eigenvalue weighted by molar-refractivity contribution is 0.162. The Morgan fingerprint density at radius 1 is 1.28 bits per heavy atom. The molecular formula is C17H27N. The van der Waals surface area contributed by atoms with Crippen molar-refractivity contribution in [3.63, 3.8) is 0 Å². The van der Waals surface area contributed by atoms with Crippen LogP contribution in [0.2, 0.25) is 0 Å². The van der Waals surface area contributed by atoms with Gasteiger partial charge in [-0.2, -0.15) is 0 Å². The summed E-state index contributed by atoms with van der Waals surface area (Å²) in [5, 5.41) is 0. The number of hydrogen-bond acceptors (Lipinski definition) is 1. The van der Waals surface area contributed by atoms with Gasteiger partial charge in [-0.25, -0.2) is 0 Å². The van der Waals surface area contributed by atoms with Crippen LogP contribution in [0.3, 0.4) is 0 Å². The van der Waals surface area contributed by atoms with E-state index in [9.17, 15) is 0 Å². The monoisotopic (exact) mass is 245 g/mol. The maximum atomic E-state index is 6.78. The lowest BCUT2D eigenvalue weighted by atomic mass is 9.67. The molecule has 1 saturated carbocycles. The number of aryl methyl sites for hydroxylation is 1. The summed E-state index contributed by atoms with van der Waals surface area (Å²) >= 11 is 0. The smallest absolute Gasteiger partial charge is 0.0438 e. The van der Waals surface area contributed by atoms with Crippen LogP contribution >= 0.6 is 0 Å². The fourth-order valence-electron chi connectivity index (χ4n) is 3.38. The minimum atomic E-state index is -0.110. The molecule has 2 N–H and O–H groups in total. The Kier molecular flexibility index (Phi) is 4.11. The van der Waals surface area contributed by atoms with Gasteiger partial charge in [-0.1, -0.05) is 57.9 Å². The molecule has 0 amide bonds. The Bertz CT molecular complexity index is 398. The predicted octanol–water partition coefficient (Wildman–Crippen LogP) is 4.25. The zero-order chi connectivity index (χ0) is 13.2. The minimum Gasteiger partial charge on any atom is -0.321 e. The lowest BCUT2D eigenvalue weighted by Crippen LogP contribution is -2.47. The second-order valence-electron chi connectivity index (χ2n) is 6.28. The minimum absolute atomic E-state index is 0.110. The van der Waals surface area contributed by atoms with Crippen LogP contribution in [0.1, 0.15) is 57.6 Å². The molecule has 0 spiro atoms. The standard InChI is InChI=1S/C17H27N/c1-4-6-15-7-5-8-16(11-15)17(18)12-13(2)9-10-14(17)3/h5,7-8,11,13-14H,4,6,9-10,12,18H2,1-3H3. The molecule has 1 nitrogen and oxygen atoms in total. The van der Waals surface area contributed by atoms with E-state index < -0.39 is 0 Å². The maximum absolute atomic E-state index is 6.78. The van der Waals surface area contributed by atoms with Crippen molar-refractivity contribution in [3.05, 3.63) is 35.4 Å². The third-order valence-electron chi connectivity index (χ3n) is 4.66. The number of rotatable bonds is 3. The predicted molar refractivity (Wildman–Crippen MR) is 78.5 cm³/mol. The number of benzene rings is 1. The summed E-state index contributed by atoms with van der Waals surface area (Å²) in [4.78, 5) is 0. The van der Waals surface area contributed by atoms with Gasteiger partial charge in [0.1, 0.15) is 0 Å². The van der Waals surface area contributed by atoms with Crippen LogP contribution in [-0.4, -0.2) is 0 Å². The molecule has 1 heteroatoms. The summed E-state index contributed by atoms with van der Waals surface area (Å²) in [6.45, 7) is 6.89. The van der Waals surface area contributed by atoms with Gasteiger partial charge in [0.2, 0.25) is 0 Å². The molecule has 0 bridgehead atoms. The van der Waals surface area contributed by atoms with Gasteiger partial charge in [0.05, 0.1) is 0 Å². The second-order valence-corrected chi connectivity index (χ2v) is 6.28. The molecule has 0 aliphatic heterocycles. The van der Waals surface area contributed by atoms with Crippen LogP contribution < -0.4 is 5.73 Å². The van der Waals surface area contributed by atoms with E-state index >= 15 is 0 Å². The van der Waals surface area contributed by atoms with E-state index in [4.69, 9.17) is 5.73 Å². The molecule has 3 atom stereocenters. The highest BCUT2D eigenvalue weighted by Gasteiger charge is 2.38. The van der Waals surface area contributed by atoms with Gasteiger partial charge in [0, 0.05) is 5.54 Å². The molecule has 0 heterocycles. The van der Waals surface area contributed by atoms with Crippen molar-refractivity contribution in [1.82, 2.24) is 0 Å². The van der Waals surface area contributed by atoms with E-state index in [0.29, 0.717) is 5.92 Å². The third kappa shape index (κ3) is 2.61. The van der Waals surface area contributed by atoms with E-state index in [1.54, 1.807) is 0 Å². The van der Waals surface area contributed by atoms with Crippen molar-refractivity contribution < 1.29 is 0 Å². The SMILES string of the molecule is CCCc1cccc(C2(N)CC(C)CCC2C)c1. The average molecular weight is 245 g/mol. The van der Waals surface area contributed by atoms with E-state index in [0.717, 1.165) is 18.8 Å². The Morgan fingerprint density at radius 2 is 2.06 bits per heavy atom. The first-order chi connectivity index (χ1) is 8.56. The molecule has 3 unspecified atom stereocenters.